The lowest BCUT2D eigenvalue weighted by atomic mass is 10.1. The highest BCUT2D eigenvalue weighted by molar-refractivity contribution is 6.15. The molecule has 0 atom stereocenters. The number of imidazole rings is 1. The van der Waals surface area contributed by atoms with Crippen LogP contribution < -0.4 is 14.2 Å². The van der Waals surface area contributed by atoms with Gasteiger partial charge >= 0.3 is 0 Å². The minimum absolute atomic E-state index is 0.421. The molecule has 0 N–H and O–H groups in total. The molecule has 0 bridgehead atoms. The smallest absolute Gasteiger partial charge is 0.199 e. The summed E-state index contributed by atoms with van der Waals surface area (Å²) >= 11 is 4.64. The van der Waals surface area contributed by atoms with Crippen molar-refractivity contribution in [2.45, 2.75) is 39.5 Å². The van der Waals surface area contributed by atoms with E-state index in [0.717, 1.165) is 16.9 Å². The monoisotopic (exact) mass is 457 g/mol. The van der Waals surface area contributed by atoms with Crippen LogP contribution in [0.1, 0.15) is 45.1 Å². The standard InChI is InChI=1S/C22H23N3O3.C2H6.CH3Cl/c1-26-19-10-16(18-13-24-21-8-5-9-22(27-2)25(18)21)11-20(17(19)12-23)28-14-15-6-3-4-7-15;2*1-2/h5,8-11,13,15H,3-4,6-7,14H2,1-2H3;1-2H3;1H3. The Morgan fingerprint density at radius 3 is 2.41 bits per heavy atom. The van der Waals surface area contributed by atoms with Gasteiger partial charge in [0.2, 0.25) is 0 Å². The van der Waals surface area contributed by atoms with E-state index in [9.17, 15) is 5.26 Å². The maximum atomic E-state index is 9.65. The number of benzene rings is 1. The Kier molecular flexibility index (Phi) is 10.2. The van der Waals surface area contributed by atoms with Gasteiger partial charge in [-0.1, -0.05) is 32.8 Å². The van der Waals surface area contributed by atoms with Gasteiger partial charge < -0.3 is 14.2 Å². The van der Waals surface area contributed by atoms with Crippen LogP contribution in [0.3, 0.4) is 0 Å². The number of fused-ring (bicyclic) bond motifs is 1. The minimum Gasteiger partial charge on any atom is -0.495 e. The Labute approximate surface area is 195 Å². The molecule has 1 fully saturated rings. The van der Waals surface area contributed by atoms with Crippen LogP contribution in [0.25, 0.3) is 16.9 Å². The van der Waals surface area contributed by atoms with Crippen LogP contribution in [0.4, 0.5) is 0 Å². The molecule has 2 aromatic heterocycles. The molecule has 1 aliphatic rings. The Hall–Kier alpha value is -2.91. The Balaban J connectivity index is 0.000000860. The quantitative estimate of drug-likeness (QED) is 0.404. The third-order valence-corrected chi connectivity index (χ3v) is 5.35. The molecule has 1 aromatic carbocycles. The number of nitrogens with zero attached hydrogens (tertiary/aromatic N) is 3. The summed E-state index contributed by atoms with van der Waals surface area (Å²) in [6, 6.07) is 11.7. The van der Waals surface area contributed by atoms with Gasteiger partial charge in [0, 0.05) is 11.9 Å². The average molecular weight is 458 g/mol. The Morgan fingerprint density at radius 2 is 1.78 bits per heavy atom. The normalized spacial score (nSPS) is 12.8. The SMILES string of the molecule is CC.CCl.COc1cc(-c2cnc3cccc(OC)n23)cc(OCC2CCCC2)c1C#N. The predicted molar refractivity (Wildman–Crippen MR) is 129 cm³/mol. The topological polar surface area (TPSA) is 68.8 Å². The molecule has 0 radical (unpaired) electrons. The fourth-order valence-corrected chi connectivity index (χ4v) is 3.88. The van der Waals surface area contributed by atoms with Crippen molar-refractivity contribution in [3.8, 4) is 34.7 Å². The fourth-order valence-electron chi connectivity index (χ4n) is 3.88. The predicted octanol–water partition coefficient (Wildman–Crippen LogP) is 6.34. The van der Waals surface area contributed by atoms with Crippen molar-refractivity contribution >= 4 is 17.2 Å². The van der Waals surface area contributed by atoms with E-state index >= 15 is 0 Å². The van der Waals surface area contributed by atoms with Crippen molar-refractivity contribution in [2.24, 2.45) is 5.92 Å². The van der Waals surface area contributed by atoms with E-state index in [0.29, 0.717) is 35.5 Å². The summed E-state index contributed by atoms with van der Waals surface area (Å²) in [6.07, 6.45) is 8.14. The zero-order chi connectivity index (χ0) is 23.5. The summed E-state index contributed by atoms with van der Waals surface area (Å²) < 4.78 is 19.0. The third kappa shape index (κ3) is 5.46. The van der Waals surface area contributed by atoms with Crippen molar-refractivity contribution in [1.82, 2.24) is 9.38 Å². The number of aromatic nitrogens is 2. The van der Waals surface area contributed by atoms with Gasteiger partial charge in [0.05, 0.1) is 32.7 Å². The number of ether oxygens (including phenoxy) is 3. The lowest BCUT2D eigenvalue weighted by Gasteiger charge is -2.16. The maximum Gasteiger partial charge on any atom is 0.199 e. The molecule has 0 spiro atoms. The maximum absolute atomic E-state index is 9.65. The molecule has 4 rings (SSSR count). The highest BCUT2D eigenvalue weighted by Crippen LogP contribution is 2.37. The van der Waals surface area contributed by atoms with Crippen LogP contribution in [-0.4, -0.2) is 36.6 Å². The second-order valence-corrected chi connectivity index (χ2v) is 7.03. The Bertz CT molecular complexity index is 1040. The van der Waals surface area contributed by atoms with E-state index in [-0.39, 0.29) is 0 Å². The van der Waals surface area contributed by atoms with E-state index in [1.807, 2.05) is 48.6 Å². The average Bonchev–Trinajstić information content (AvgIpc) is 3.54. The number of nitriles is 1. The van der Waals surface area contributed by atoms with Crippen molar-refractivity contribution in [2.75, 3.05) is 27.2 Å². The van der Waals surface area contributed by atoms with E-state index in [4.69, 9.17) is 14.2 Å². The lowest BCUT2D eigenvalue weighted by Crippen LogP contribution is -2.09. The van der Waals surface area contributed by atoms with Crippen LogP contribution in [0, 0.1) is 17.2 Å². The number of rotatable bonds is 6. The summed E-state index contributed by atoms with van der Waals surface area (Å²) in [4.78, 5) is 4.48. The highest BCUT2D eigenvalue weighted by atomic mass is 35.5. The molecule has 0 unspecified atom stereocenters. The van der Waals surface area contributed by atoms with Gasteiger partial charge in [-0.25, -0.2) is 4.98 Å². The lowest BCUT2D eigenvalue weighted by molar-refractivity contribution is 0.250. The molecule has 0 aliphatic heterocycles. The Morgan fingerprint density at radius 1 is 1.09 bits per heavy atom. The second-order valence-electron chi connectivity index (χ2n) is 7.03. The summed E-state index contributed by atoms with van der Waals surface area (Å²) in [6.45, 7) is 4.62. The molecular weight excluding hydrogens is 426 g/mol. The van der Waals surface area contributed by atoms with Crippen LogP contribution in [-0.2, 0) is 0 Å². The van der Waals surface area contributed by atoms with Crippen molar-refractivity contribution in [3.63, 3.8) is 0 Å². The number of halogens is 1. The first-order chi connectivity index (χ1) is 15.7. The van der Waals surface area contributed by atoms with Gasteiger partial charge in [0.15, 0.2) is 5.88 Å². The minimum atomic E-state index is 0.421. The third-order valence-electron chi connectivity index (χ3n) is 5.35. The summed E-state index contributed by atoms with van der Waals surface area (Å²) in [7, 11) is 3.20. The van der Waals surface area contributed by atoms with E-state index in [1.54, 1.807) is 20.4 Å². The van der Waals surface area contributed by atoms with Gasteiger partial charge in [0.1, 0.15) is 28.8 Å². The summed E-state index contributed by atoms with van der Waals surface area (Å²) in [5.74, 6) is 2.28. The number of hydrogen-bond donors (Lipinski definition) is 0. The van der Waals surface area contributed by atoms with E-state index < -0.39 is 0 Å². The van der Waals surface area contributed by atoms with Gasteiger partial charge in [-0.15, -0.1) is 11.6 Å². The number of pyridine rings is 1. The number of alkyl halides is 1. The van der Waals surface area contributed by atoms with Crippen LogP contribution >= 0.6 is 11.6 Å². The van der Waals surface area contributed by atoms with Crippen LogP contribution in [0.5, 0.6) is 17.4 Å². The largest absolute Gasteiger partial charge is 0.495 e. The summed E-state index contributed by atoms with van der Waals surface area (Å²) in [5.41, 5.74) is 2.91. The van der Waals surface area contributed by atoms with Gasteiger partial charge in [-0.2, -0.15) is 5.26 Å². The molecule has 3 aromatic rings. The number of hydrogen-bond acceptors (Lipinski definition) is 5. The van der Waals surface area contributed by atoms with Gasteiger partial charge in [-0.05, 0) is 43.0 Å². The molecular formula is C25H32ClN3O3. The van der Waals surface area contributed by atoms with Crippen LogP contribution in [0.2, 0.25) is 0 Å². The van der Waals surface area contributed by atoms with Crippen LogP contribution in [0.15, 0.2) is 36.5 Å². The van der Waals surface area contributed by atoms with Crippen molar-refractivity contribution in [1.29, 1.82) is 5.26 Å². The molecule has 7 heteroatoms. The molecule has 1 saturated carbocycles. The van der Waals surface area contributed by atoms with E-state index in [2.05, 4.69) is 22.7 Å². The first-order valence-electron chi connectivity index (χ1n) is 10.9. The molecule has 32 heavy (non-hydrogen) atoms. The molecule has 172 valence electrons. The van der Waals surface area contributed by atoms with E-state index in [1.165, 1.54) is 32.1 Å². The highest BCUT2D eigenvalue weighted by Gasteiger charge is 2.20. The van der Waals surface area contributed by atoms with Gasteiger partial charge in [-0.3, -0.25) is 4.40 Å². The first kappa shape index (κ1) is 25.4. The molecule has 2 heterocycles. The molecule has 0 amide bonds. The molecule has 1 aliphatic carbocycles. The second kappa shape index (κ2) is 12.8. The molecule has 0 saturated heterocycles. The zero-order valence-corrected chi connectivity index (χ0v) is 20.3. The first-order valence-corrected chi connectivity index (χ1v) is 11.6. The number of methoxy groups -OCH3 is 2. The van der Waals surface area contributed by atoms with Gasteiger partial charge in [0.25, 0.3) is 0 Å². The fraction of sp³-hybridized carbons (Fsp3) is 0.440. The molecule has 6 nitrogen and oxygen atoms in total. The van der Waals surface area contributed by atoms with Crippen molar-refractivity contribution < 1.29 is 14.2 Å². The zero-order valence-electron chi connectivity index (χ0n) is 19.5. The summed E-state index contributed by atoms with van der Waals surface area (Å²) in [5, 5.41) is 9.65. The van der Waals surface area contributed by atoms with Crippen molar-refractivity contribution in [3.05, 3.63) is 42.1 Å².